The SMILES string of the molecule is COc1ccc(NC(C)c2ccc(F)cc2)cc1C. The average molecular weight is 259 g/mol. The molecule has 0 radical (unpaired) electrons. The van der Waals surface area contributed by atoms with Gasteiger partial charge in [0.1, 0.15) is 11.6 Å². The van der Waals surface area contributed by atoms with Crippen molar-refractivity contribution in [3.63, 3.8) is 0 Å². The van der Waals surface area contributed by atoms with E-state index in [4.69, 9.17) is 4.74 Å². The minimum absolute atomic E-state index is 0.119. The lowest BCUT2D eigenvalue weighted by Gasteiger charge is -2.17. The van der Waals surface area contributed by atoms with Gasteiger partial charge in [-0.25, -0.2) is 4.39 Å². The van der Waals surface area contributed by atoms with E-state index in [9.17, 15) is 4.39 Å². The van der Waals surface area contributed by atoms with Crippen molar-refractivity contribution in [2.75, 3.05) is 12.4 Å². The molecular formula is C16H18FNO. The average Bonchev–Trinajstić information content (AvgIpc) is 2.39. The standard InChI is InChI=1S/C16H18FNO/c1-11-10-15(8-9-16(11)19-3)18-12(2)13-4-6-14(17)7-5-13/h4-10,12,18H,1-3H3. The number of hydrogen-bond donors (Lipinski definition) is 1. The van der Waals surface area contributed by atoms with Crippen LogP contribution in [0.4, 0.5) is 10.1 Å². The lowest BCUT2D eigenvalue weighted by atomic mass is 10.1. The molecule has 0 saturated carbocycles. The quantitative estimate of drug-likeness (QED) is 0.883. The first-order valence-corrected chi connectivity index (χ1v) is 6.27. The zero-order chi connectivity index (χ0) is 13.8. The fraction of sp³-hybridized carbons (Fsp3) is 0.250. The first-order valence-electron chi connectivity index (χ1n) is 6.27. The molecular weight excluding hydrogens is 241 g/mol. The smallest absolute Gasteiger partial charge is 0.123 e. The molecule has 0 aliphatic rings. The van der Waals surface area contributed by atoms with Gasteiger partial charge in [0.25, 0.3) is 0 Å². The molecule has 100 valence electrons. The van der Waals surface area contributed by atoms with Crippen molar-refractivity contribution in [1.29, 1.82) is 0 Å². The highest BCUT2D eigenvalue weighted by atomic mass is 19.1. The topological polar surface area (TPSA) is 21.3 Å². The van der Waals surface area contributed by atoms with Crippen LogP contribution in [0.1, 0.15) is 24.1 Å². The molecule has 0 heterocycles. The minimum Gasteiger partial charge on any atom is -0.496 e. The summed E-state index contributed by atoms with van der Waals surface area (Å²) in [5.41, 5.74) is 3.16. The molecule has 0 amide bonds. The Balaban J connectivity index is 2.12. The van der Waals surface area contributed by atoms with E-state index in [1.807, 2.05) is 32.0 Å². The molecule has 1 N–H and O–H groups in total. The van der Waals surface area contributed by atoms with Crippen LogP contribution in [0.3, 0.4) is 0 Å². The van der Waals surface area contributed by atoms with E-state index in [1.165, 1.54) is 12.1 Å². The zero-order valence-corrected chi connectivity index (χ0v) is 11.4. The van der Waals surface area contributed by atoms with Gasteiger partial charge in [0.2, 0.25) is 0 Å². The Labute approximate surface area is 113 Å². The number of methoxy groups -OCH3 is 1. The molecule has 2 nitrogen and oxygen atoms in total. The highest BCUT2D eigenvalue weighted by Gasteiger charge is 2.06. The summed E-state index contributed by atoms with van der Waals surface area (Å²) in [7, 11) is 1.66. The van der Waals surface area contributed by atoms with Crippen molar-refractivity contribution in [2.45, 2.75) is 19.9 Å². The number of benzene rings is 2. The van der Waals surface area contributed by atoms with Crippen LogP contribution in [0.2, 0.25) is 0 Å². The maximum Gasteiger partial charge on any atom is 0.123 e. The summed E-state index contributed by atoms with van der Waals surface area (Å²) in [6, 6.07) is 12.6. The van der Waals surface area contributed by atoms with E-state index >= 15 is 0 Å². The van der Waals surface area contributed by atoms with Crippen LogP contribution in [0.25, 0.3) is 0 Å². The zero-order valence-electron chi connectivity index (χ0n) is 11.4. The van der Waals surface area contributed by atoms with Crippen LogP contribution in [0.15, 0.2) is 42.5 Å². The van der Waals surface area contributed by atoms with Gasteiger partial charge < -0.3 is 10.1 Å². The molecule has 2 rings (SSSR count). The fourth-order valence-corrected chi connectivity index (χ4v) is 2.05. The number of anilines is 1. The largest absolute Gasteiger partial charge is 0.496 e. The van der Waals surface area contributed by atoms with Gasteiger partial charge in [-0.3, -0.25) is 0 Å². The molecule has 0 bridgehead atoms. The van der Waals surface area contributed by atoms with Crippen LogP contribution < -0.4 is 10.1 Å². The maximum atomic E-state index is 12.9. The van der Waals surface area contributed by atoms with Crippen molar-refractivity contribution in [3.8, 4) is 5.75 Å². The second-order valence-corrected chi connectivity index (χ2v) is 4.60. The van der Waals surface area contributed by atoms with Gasteiger partial charge >= 0.3 is 0 Å². The molecule has 1 atom stereocenters. The molecule has 0 spiro atoms. The molecule has 19 heavy (non-hydrogen) atoms. The molecule has 1 unspecified atom stereocenters. The molecule has 0 aliphatic heterocycles. The third kappa shape index (κ3) is 3.25. The predicted octanol–water partition coefficient (Wildman–Crippen LogP) is 4.32. The monoisotopic (exact) mass is 259 g/mol. The number of halogens is 1. The molecule has 3 heteroatoms. The summed E-state index contributed by atoms with van der Waals surface area (Å²) in [4.78, 5) is 0. The van der Waals surface area contributed by atoms with Gasteiger partial charge in [-0.1, -0.05) is 12.1 Å². The summed E-state index contributed by atoms with van der Waals surface area (Å²) in [5, 5.41) is 3.39. The summed E-state index contributed by atoms with van der Waals surface area (Å²) >= 11 is 0. The van der Waals surface area contributed by atoms with Crippen LogP contribution in [-0.2, 0) is 0 Å². The first-order chi connectivity index (χ1) is 9.10. The van der Waals surface area contributed by atoms with Gasteiger partial charge in [-0.15, -0.1) is 0 Å². The molecule has 0 aromatic heterocycles. The molecule has 0 aliphatic carbocycles. The van der Waals surface area contributed by atoms with Gasteiger partial charge in [-0.2, -0.15) is 0 Å². The van der Waals surface area contributed by atoms with Gasteiger partial charge in [-0.05, 0) is 55.3 Å². The number of aryl methyl sites for hydroxylation is 1. The second-order valence-electron chi connectivity index (χ2n) is 4.60. The Morgan fingerprint density at radius 2 is 1.79 bits per heavy atom. The normalized spacial score (nSPS) is 12.0. The third-order valence-corrected chi connectivity index (χ3v) is 3.15. The second kappa shape index (κ2) is 5.74. The van der Waals surface area contributed by atoms with E-state index in [1.54, 1.807) is 19.2 Å². The van der Waals surface area contributed by atoms with Crippen LogP contribution in [0.5, 0.6) is 5.75 Å². The third-order valence-electron chi connectivity index (χ3n) is 3.15. The first kappa shape index (κ1) is 13.4. The van der Waals surface area contributed by atoms with Crippen molar-refractivity contribution >= 4 is 5.69 Å². The lowest BCUT2D eigenvalue weighted by molar-refractivity contribution is 0.412. The summed E-state index contributed by atoms with van der Waals surface area (Å²) in [5.74, 6) is 0.663. The van der Waals surface area contributed by atoms with Gasteiger partial charge in [0.15, 0.2) is 0 Å². The van der Waals surface area contributed by atoms with E-state index in [-0.39, 0.29) is 11.9 Å². The maximum absolute atomic E-state index is 12.9. The molecule has 0 saturated heterocycles. The Kier molecular flexibility index (Phi) is 4.05. The van der Waals surface area contributed by atoms with E-state index in [0.29, 0.717) is 0 Å². The number of hydrogen-bond acceptors (Lipinski definition) is 2. The highest BCUT2D eigenvalue weighted by molar-refractivity contribution is 5.52. The molecule has 0 fully saturated rings. The lowest BCUT2D eigenvalue weighted by Crippen LogP contribution is -2.06. The Hall–Kier alpha value is -2.03. The molecule has 2 aromatic rings. The van der Waals surface area contributed by atoms with Crippen molar-refractivity contribution in [2.24, 2.45) is 0 Å². The Morgan fingerprint density at radius 1 is 1.11 bits per heavy atom. The van der Waals surface area contributed by atoms with Gasteiger partial charge in [0.05, 0.1) is 7.11 Å². The van der Waals surface area contributed by atoms with Gasteiger partial charge in [0, 0.05) is 11.7 Å². The number of ether oxygens (including phenoxy) is 1. The Bertz CT molecular complexity index is 551. The van der Waals surface area contributed by atoms with Crippen LogP contribution >= 0.6 is 0 Å². The summed E-state index contributed by atoms with van der Waals surface area (Å²) in [6.45, 7) is 4.05. The number of nitrogens with one attached hydrogen (secondary N) is 1. The van der Waals surface area contributed by atoms with Crippen molar-refractivity contribution < 1.29 is 9.13 Å². The number of rotatable bonds is 4. The van der Waals surface area contributed by atoms with E-state index in [2.05, 4.69) is 5.32 Å². The highest BCUT2D eigenvalue weighted by Crippen LogP contribution is 2.24. The fourth-order valence-electron chi connectivity index (χ4n) is 2.05. The Morgan fingerprint density at radius 3 is 2.37 bits per heavy atom. The van der Waals surface area contributed by atoms with Crippen molar-refractivity contribution in [3.05, 3.63) is 59.4 Å². The summed E-state index contributed by atoms with van der Waals surface area (Å²) < 4.78 is 18.1. The minimum atomic E-state index is -0.212. The van der Waals surface area contributed by atoms with Crippen LogP contribution in [-0.4, -0.2) is 7.11 Å². The van der Waals surface area contributed by atoms with Crippen LogP contribution in [0, 0.1) is 12.7 Å². The van der Waals surface area contributed by atoms with E-state index < -0.39 is 0 Å². The van der Waals surface area contributed by atoms with E-state index in [0.717, 1.165) is 22.6 Å². The molecule has 2 aromatic carbocycles. The summed E-state index contributed by atoms with van der Waals surface area (Å²) in [6.07, 6.45) is 0. The van der Waals surface area contributed by atoms with Crippen molar-refractivity contribution in [1.82, 2.24) is 0 Å². The predicted molar refractivity (Wildman–Crippen MR) is 76.2 cm³/mol.